The molecule has 0 aliphatic heterocycles. The maximum absolute atomic E-state index is 11.9. The molecule has 0 radical (unpaired) electrons. The summed E-state index contributed by atoms with van der Waals surface area (Å²) in [7, 11) is 0. The predicted molar refractivity (Wildman–Crippen MR) is 70.3 cm³/mol. The zero-order valence-electron chi connectivity index (χ0n) is 10.5. The van der Waals surface area contributed by atoms with Crippen molar-refractivity contribution in [2.24, 2.45) is 0 Å². The van der Waals surface area contributed by atoms with E-state index in [9.17, 15) is 4.79 Å². The van der Waals surface area contributed by atoms with Crippen molar-refractivity contribution >= 4 is 28.7 Å². The lowest BCUT2D eigenvalue weighted by Crippen LogP contribution is -2.38. The second kappa shape index (κ2) is 4.38. The zero-order valence-corrected chi connectivity index (χ0v) is 10.5. The highest BCUT2D eigenvalue weighted by molar-refractivity contribution is 5.90. The molecule has 1 atom stereocenters. The van der Waals surface area contributed by atoms with Crippen LogP contribution in [-0.4, -0.2) is 38.2 Å². The van der Waals surface area contributed by atoms with Crippen LogP contribution < -0.4 is 16.4 Å². The van der Waals surface area contributed by atoms with Crippen LogP contribution in [0.4, 0.5) is 11.8 Å². The molecule has 1 fully saturated rings. The largest absolute Gasteiger partial charge is 0.368 e. The number of anilines is 2. The van der Waals surface area contributed by atoms with Gasteiger partial charge in [-0.15, -0.1) is 0 Å². The fourth-order valence-electron chi connectivity index (χ4n) is 1.79. The molecule has 100 valence electrons. The number of fused-ring (bicyclic) bond motifs is 1. The number of nitrogens with zero attached hydrogens (tertiary/aromatic N) is 3. The monoisotopic (exact) mass is 261 g/mol. The van der Waals surface area contributed by atoms with Crippen LogP contribution in [0, 0.1) is 0 Å². The number of nitrogens with one attached hydrogen (secondary N) is 3. The number of nitrogens with two attached hydrogens (primary N) is 1. The van der Waals surface area contributed by atoms with Gasteiger partial charge in [0.25, 0.3) is 0 Å². The lowest BCUT2D eigenvalue weighted by atomic mass is 10.3. The van der Waals surface area contributed by atoms with Gasteiger partial charge in [0, 0.05) is 6.04 Å². The molecule has 1 aliphatic rings. The van der Waals surface area contributed by atoms with Gasteiger partial charge in [0.2, 0.25) is 11.9 Å². The summed E-state index contributed by atoms with van der Waals surface area (Å²) in [4.78, 5) is 20.0. The minimum Gasteiger partial charge on any atom is -0.368 e. The molecule has 1 amide bonds. The Kier molecular flexibility index (Phi) is 2.69. The number of carbonyl (C=O) groups excluding carboxylic acids is 1. The minimum atomic E-state index is -0.395. The van der Waals surface area contributed by atoms with Crippen molar-refractivity contribution < 1.29 is 4.79 Å². The Hall–Kier alpha value is -2.38. The normalized spacial score (nSPS) is 16.3. The van der Waals surface area contributed by atoms with Crippen LogP contribution in [0.5, 0.6) is 0 Å². The van der Waals surface area contributed by atoms with Crippen LogP contribution in [0.2, 0.25) is 0 Å². The molecule has 19 heavy (non-hydrogen) atoms. The molecule has 0 bridgehead atoms. The molecule has 2 aromatic rings. The number of carbonyl (C=O) groups is 1. The molecule has 3 rings (SSSR count). The van der Waals surface area contributed by atoms with E-state index in [-0.39, 0.29) is 11.9 Å². The fraction of sp³-hybridized carbons (Fsp3) is 0.455. The Labute approximate surface area is 109 Å². The Morgan fingerprint density at radius 1 is 1.53 bits per heavy atom. The van der Waals surface area contributed by atoms with Gasteiger partial charge in [0.1, 0.15) is 11.9 Å². The highest BCUT2D eigenvalue weighted by atomic mass is 16.2. The summed E-state index contributed by atoms with van der Waals surface area (Å²) >= 11 is 0. The average molecular weight is 261 g/mol. The van der Waals surface area contributed by atoms with Gasteiger partial charge < -0.3 is 16.4 Å². The van der Waals surface area contributed by atoms with Crippen molar-refractivity contribution in [3.05, 3.63) is 6.20 Å². The van der Waals surface area contributed by atoms with Gasteiger partial charge in [-0.2, -0.15) is 15.1 Å². The molecule has 2 aromatic heterocycles. The van der Waals surface area contributed by atoms with E-state index < -0.39 is 6.04 Å². The van der Waals surface area contributed by atoms with Crippen molar-refractivity contribution in [2.75, 3.05) is 11.1 Å². The number of hydrogen-bond acceptors (Lipinski definition) is 6. The van der Waals surface area contributed by atoms with E-state index in [0.717, 1.165) is 12.8 Å². The number of aromatic nitrogens is 4. The first-order valence-electron chi connectivity index (χ1n) is 6.17. The van der Waals surface area contributed by atoms with E-state index in [4.69, 9.17) is 5.73 Å². The fourth-order valence-corrected chi connectivity index (χ4v) is 1.79. The smallest absolute Gasteiger partial charge is 0.242 e. The van der Waals surface area contributed by atoms with Gasteiger partial charge in [-0.1, -0.05) is 0 Å². The zero-order chi connectivity index (χ0) is 13.4. The molecule has 5 N–H and O–H groups in total. The van der Waals surface area contributed by atoms with Crippen LogP contribution in [0.25, 0.3) is 11.0 Å². The third kappa shape index (κ3) is 2.42. The van der Waals surface area contributed by atoms with Crippen molar-refractivity contribution in [2.45, 2.75) is 31.8 Å². The number of hydrogen-bond donors (Lipinski definition) is 4. The molecule has 8 nitrogen and oxygen atoms in total. The number of rotatable bonds is 4. The SMILES string of the molecule is CC(Nc1nc(N)nc2[nH]ncc12)C(=O)NC1CC1. The average Bonchev–Trinajstić information content (AvgIpc) is 3.04. The van der Waals surface area contributed by atoms with Gasteiger partial charge in [-0.05, 0) is 19.8 Å². The number of nitrogen functional groups attached to an aromatic ring is 1. The molecule has 0 aromatic carbocycles. The third-order valence-electron chi connectivity index (χ3n) is 3.00. The van der Waals surface area contributed by atoms with Crippen molar-refractivity contribution in [1.82, 2.24) is 25.5 Å². The summed E-state index contributed by atoms with van der Waals surface area (Å²) in [6.45, 7) is 1.78. The maximum atomic E-state index is 11.9. The molecule has 1 saturated carbocycles. The van der Waals surface area contributed by atoms with Gasteiger partial charge >= 0.3 is 0 Å². The second-order valence-corrected chi connectivity index (χ2v) is 4.71. The molecule has 1 unspecified atom stereocenters. The molecule has 0 spiro atoms. The number of aromatic amines is 1. The summed E-state index contributed by atoms with van der Waals surface area (Å²) in [5, 5.41) is 13.3. The Balaban J connectivity index is 1.79. The van der Waals surface area contributed by atoms with Crippen molar-refractivity contribution in [3.63, 3.8) is 0 Å². The van der Waals surface area contributed by atoms with Crippen molar-refractivity contribution in [3.8, 4) is 0 Å². The van der Waals surface area contributed by atoms with E-state index in [1.165, 1.54) is 0 Å². The molecular weight excluding hydrogens is 246 g/mol. The Morgan fingerprint density at radius 3 is 3.05 bits per heavy atom. The number of amides is 1. The summed E-state index contributed by atoms with van der Waals surface area (Å²) in [5.41, 5.74) is 6.16. The van der Waals surface area contributed by atoms with E-state index in [1.807, 2.05) is 0 Å². The first-order valence-corrected chi connectivity index (χ1v) is 6.17. The lowest BCUT2D eigenvalue weighted by Gasteiger charge is -2.14. The molecule has 1 aliphatic carbocycles. The highest BCUT2D eigenvalue weighted by Gasteiger charge is 2.26. The predicted octanol–water partition coefficient (Wildman–Crippen LogP) is 0.0141. The quantitative estimate of drug-likeness (QED) is 0.615. The van der Waals surface area contributed by atoms with Crippen LogP contribution in [-0.2, 0) is 4.79 Å². The third-order valence-corrected chi connectivity index (χ3v) is 3.00. The Bertz CT molecular complexity index is 619. The Morgan fingerprint density at radius 2 is 2.32 bits per heavy atom. The molecule has 2 heterocycles. The second-order valence-electron chi connectivity index (χ2n) is 4.71. The van der Waals surface area contributed by atoms with Gasteiger partial charge in [-0.25, -0.2) is 0 Å². The minimum absolute atomic E-state index is 0.0451. The lowest BCUT2D eigenvalue weighted by molar-refractivity contribution is -0.121. The summed E-state index contributed by atoms with van der Waals surface area (Å²) in [6, 6.07) is -0.0610. The first-order chi connectivity index (χ1) is 9.13. The van der Waals surface area contributed by atoms with Crippen molar-refractivity contribution in [1.29, 1.82) is 0 Å². The molecule has 0 saturated heterocycles. The van der Waals surface area contributed by atoms with Crippen LogP contribution in [0.15, 0.2) is 6.20 Å². The van der Waals surface area contributed by atoms with E-state index >= 15 is 0 Å². The van der Waals surface area contributed by atoms with Crippen LogP contribution in [0.3, 0.4) is 0 Å². The van der Waals surface area contributed by atoms with Gasteiger partial charge in [0.05, 0.1) is 11.6 Å². The van der Waals surface area contributed by atoms with Crippen LogP contribution >= 0.6 is 0 Å². The van der Waals surface area contributed by atoms with E-state index in [2.05, 4.69) is 30.8 Å². The van der Waals surface area contributed by atoms with E-state index in [1.54, 1.807) is 13.1 Å². The van der Waals surface area contributed by atoms with Gasteiger partial charge in [0.15, 0.2) is 5.65 Å². The summed E-state index contributed by atoms with van der Waals surface area (Å²) < 4.78 is 0. The molecule has 8 heteroatoms. The standard InChI is InChI=1S/C11H15N7O/c1-5(10(19)15-6-2-3-6)14-8-7-4-13-18-9(7)17-11(12)16-8/h4-6H,2-3H2,1H3,(H,15,19)(H4,12,13,14,16,17,18). The summed E-state index contributed by atoms with van der Waals surface area (Å²) in [6.07, 6.45) is 3.72. The van der Waals surface area contributed by atoms with Gasteiger partial charge in [-0.3, -0.25) is 9.89 Å². The first kappa shape index (κ1) is 11.7. The topological polar surface area (TPSA) is 122 Å². The maximum Gasteiger partial charge on any atom is 0.242 e. The summed E-state index contributed by atoms with van der Waals surface area (Å²) in [5.74, 6) is 0.597. The molecular formula is C11H15N7O. The van der Waals surface area contributed by atoms with Crippen LogP contribution in [0.1, 0.15) is 19.8 Å². The highest BCUT2D eigenvalue weighted by Crippen LogP contribution is 2.21. The van der Waals surface area contributed by atoms with E-state index in [0.29, 0.717) is 22.9 Å². The number of H-pyrrole nitrogens is 1.